The molecule has 1 heterocycles. The summed E-state index contributed by atoms with van der Waals surface area (Å²) in [5.41, 5.74) is -0.761. The van der Waals surface area contributed by atoms with Crippen LogP contribution < -0.4 is 5.32 Å². The molecule has 6 nitrogen and oxygen atoms in total. The Hall–Kier alpha value is -1.30. The van der Waals surface area contributed by atoms with Gasteiger partial charge in [-0.1, -0.05) is 13.3 Å². The molecule has 2 N–H and O–H groups in total. The number of carboxylic acids is 1. The minimum atomic E-state index is -0.782. The Kier molecular flexibility index (Phi) is 5.08. The average molecular weight is 298 g/mol. The number of hydrogen-bond donors (Lipinski definition) is 2. The van der Waals surface area contributed by atoms with Gasteiger partial charge in [0.2, 0.25) is 0 Å². The fourth-order valence-corrected chi connectivity index (χ4v) is 3.63. The minimum absolute atomic E-state index is 0.0495. The van der Waals surface area contributed by atoms with Crippen molar-refractivity contribution in [3.05, 3.63) is 0 Å². The molecule has 2 rings (SSSR count). The van der Waals surface area contributed by atoms with Crippen LogP contribution in [0.25, 0.3) is 0 Å². The smallest absolute Gasteiger partial charge is 0.317 e. The summed E-state index contributed by atoms with van der Waals surface area (Å²) < 4.78 is 5.38. The largest absolute Gasteiger partial charge is 0.481 e. The predicted molar refractivity (Wildman–Crippen MR) is 78.1 cm³/mol. The average Bonchev–Trinajstić information content (AvgIpc) is 3.06. The van der Waals surface area contributed by atoms with E-state index in [0.717, 1.165) is 25.7 Å². The van der Waals surface area contributed by atoms with Crippen LogP contribution in [0.5, 0.6) is 0 Å². The summed E-state index contributed by atoms with van der Waals surface area (Å²) in [4.78, 5) is 25.5. The van der Waals surface area contributed by atoms with Crippen molar-refractivity contribution in [1.29, 1.82) is 0 Å². The fourth-order valence-electron chi connectivity index (χ4n) is 3.63. The number of amides is 2. The van der Waals surface area contributed by atoms with E-state index in [2.05, 4.69) is 5.32 Å². The van der Waals surface area contributed by atoms with E-state index >= 15 is 0 Å². The summed E-state index contributed by atoms with van der Waals surface area (Å²) >= 11 is 0. The number of nitrogens with one attached hydrogen (secondary N) is 1. The maximum Gasteiger partial charge on any atom is 0.317 e. The molecule has 0 aromatic heterocycles. The number of hydrogen-bond acceptors (Lipinski definition) is 3. The summed E-state index contributed by atoms with van der Waals surface area (Å²) in [6.07, 6.45) is 5.01. The molecular weight excluding hydrogens is 272 g/mol. The molecule has 0 aromatic rings. The standard InChI is InChI=1S/C15H26N2O4/c1-3-7-15(13(18)19)8-9-17(10-15)14(20)16-11-5-4-6-12(11)21-2/h11-12H,3-10H2,1-2H3,(H,16,20)(H,18,19). The van der Waals surface area contributed by atoms with Gasteiger partial charge in [-0.25, -0.2) is 4.79 Å². The summed E-state index contributed by atoms with van der Waals surface area (Å²) in [7, 11) is 1.67. The molecule has 2 fully saturated rings. The van der Waals surface area contributed by atoms with Crippen LogP contribution >= 0.6 is 0 Å². The molecule has 6 heteroatoms. The lowest BCUT2D eigenvalue weighted by Crippen LogP contribution is -2.48. The first-order valence-corrected chi connectivity index (χ1v) is 7.84. The number of aliphatic carboxylic acids is 1. The van der Waals surface area contributed by atoms with Crippen LogP contribution in [0.2, 0.25) is 0 Å². The van der Waals surface area contributed by atoms with Crippen molar-refractivity contribution in [3.63, 3.8) is 0 Å². The van der Waals surface area contributed by atoms with Crippen molar-refractivity contribution in [2.24, 2.45) is 5.41 Å². The van der Waals surface area contributed by atoms with E-state index < -0.39 is 11.4 Å². The van der Waals surface area contributed by atoms with Gasteiger partial charge >= 0.3 is 12.0 Å². The zero-order valence-corrected chi connectivity index (χ0v) is 12.9. The highest BCUT2D eigenvalue weighted by Crippen LogP contribution is 2.35. The van der Waals surface area contributed by atoms with E-state index in [-0.39, 0.29) is 18.2 Å². The van der Waals surface area contributed by atoms with Crippen LogP contribution in [0.4, 0.5) is 4.79 Å². The first-order valence-electron chi connectivity index (χ1n) is 7.84. The molecule has 2 amide bonds. The van der Waals surface area contributed by atoms with Gasteiger partial charge in [-0.2, -0.15) is 0 Å². The molecule has 3 atom stereocenters. The lowest BCUT2D eigenvalue weighted by Gasteiger charge is -2.26. The molecule has 1 saturated heterocycles. The molecule has 21 heavy (non-hydrogen) atoms. The van der Waals surface area contributed by atoms with Crippen molar-refractivity contribution in [1.82, 2.24) is 10.2 Å². The second-order valence-electron chi connectivity index (χ2n) is 6.27. The Morgan fingerprint density at radius 3 is 2.81 bits per heavy atom. The molecule has 0 aromatic carbocycles. The van der Waals surface area contributed by atoms with Gasteiger partial charge in [0.1, 0.15) is 0 Å². The lowest BCUT2D eigenvalue weighted by atomic mass is 9.83. The quantitative estimate of drug-likeness (QED) is 0.811. The molecule has 3 unspecified atom stereocenters. The highest BCUT2D eigenvalue weighted by Gasteiger charge is 2.45. The summed E-state index contributed by atoms with van der Waals surface area (Å²) in [6, 6.07) is -0.100. The molecule has 1 aliphatic heterocycles. The Balaban J connectivity index is 1.94. The van der Waals surface area contributed by atoms with Gasteiger partial charge in [-0.3, -0.25) is 4.79 Å². The SMILES string of the molecule is CCCC1(C(=O)O)CCN(C(=O)NC2CCCC2OC)C1. The third kappa shape index (κ3) is 3.31. The van der Waals surface area contributed by atoms with Gasteiger partial charge in [-0.05, 0) is 32.1 Å². The maximum absolute atomic E-state index is 12.3. The van der Waals surface area contributed by atoms with Crippen LogP contribution in [0, 0.1) is 5.41 Å². The Morgan fingerprint density at radius 2 is 2.19 bits per heavy atom. The molecule has 120 valence electrons. The van der Waals surface area contributed by atoms with E-state index in [1.807, 2.05) is 6.92 Å². The van der Waals surface area contributed by atoms with Gasteiger partial charge < -0.3 is 20.1 Å². The number of nitrogens with zero attached hydrogens (tertiary/aromatic N) is 1. The first-order chi connectivity index (χ1) is 10.0. The molecule has 0 radical (unpaired) electrons. The van der Waals surface area contributed by atoms with E-state index in [1.165, 1.54) is 0 Å². The van der Waals surface area contributed by atoms with E-state index in [9.17, 15) is 14.7 Å². The predicted octanol–water partition coefficient (Wildman–Crippen LogP) is 1.84. The molecule has 2 aliphatic rings. The normalized spacial score (nSPS) is 32.4. The topological polar surface area (TPSA) is 78.9 Å². The zero-order chi connectivity index (χ0) is 15.5. The highest BCUT2D eigenvalue weighted by molar-refractivity contribution is 5.80. The number of rotatable bonds is 5. The van der Waals surface area contributed by atoms with E-state index in [1.54, 1.807) is 12.0 Å². The number of urea groups is 1. The van der Waals surface area contributed by atoms with Crippen molar-refractivity contribution in [3.8, 4) is 0 Å². The first kappa shape index (κ1) is 16.1. The number of carbonyl (C=O) groups excluding carboxylic acids is 1. The lowest BCUT2D eigenvalue weighted by molar-refractivity contribution is -0.148. The van der Waals surface area contributed by atoms with Crippen molar-refractivity contribution in [2.45, 2.75) is 57.6 Å². The Morgan fingerprint density at radius 1 is 1.43 bits per heavy atom. The molecular formula is C15H26N2O4. The third-order valence-corrected chi connectivity index (χ3v) is 4.89. The Bertz CT molecular complexity index is 401. The van der Waals surface area contributed by atoms with Crippen LogP contribution in [0.1, 0.15) is 45.4 Å². The third-order valence-electron chi connectivity index (χ3n) is 4.89. The van der Waals surface area contributed by atoms with Gasteiger partial charge in [0, 0.05) is 20.2 Å². The molecule has 0 spiro atoms. The molecule has 1 saturated carbocycles. The maximum atomic E-state index is 12.3. The molecule has 1 aliphatic carbocycles. The van der Waals surface area contributed by atoms with E-state index in [0.29, 0.717) is 25.9 Å². The number of carbonyl (C=O) groups is 2. The van der Waals surface area contributed by atoms with Crippen LogP contribution in [-0.2, 0) is 9.53 Å². The van der Waals surface area contributed by atoms with E-state index in [4.69, 9.17) is 4.74 Å². The number of ether oxygens (including phenoxy) is 1. The van der Waals surface area contributed by atoms with Gasteiger partial charge in [0.25, 0.3) is 0 Å². The second-order valence-corrected chi connectivity index (χ2v) is 6.27. The summed E-state index contributed by atoms with van der Waals surface area (Å²) in [5.74, 6) is -0.782. The van der Waals surface area contributed by atoms with Crippen molar-refractivity contribution in [2.75, 3.05) is 20.2 Å². The van der Waals surface area contributed by atoms with Crippen LogP contribution in [0.15, 0.2) is 0 Å². The Labute approximate surface area is 125 Å². The van der Waals surface area contributed by atoms with Gasteiger partial charge in [0.15, 0.2) is 0 Å². The second kappa shape index (κ2) is 6.64. The van der Waals surface area contributed by atoms with Crippen molar-refractivity contribution < 1.29 is 19.4 Å². The molecule has 0 bridgehead atoms. The van der Waals surface area contributed by atoms with Gasteiger partial charge in [0.05, 0.1) is 17.6 Å². The van der Waals surface area contributed by atoms with Crippen molar-refractivity contribution >= 4 is 12.0 Å². The van der Waals surface area contributed by atoms with Crippen LogP contribution in [0.3, 0.4) is 0 Å². The monoisotopic (exact) mass is 298 g/mol. The summed E-state index contributed by atoms with van der Waals surface area (Å²) in [5, 5.41) is 12.5. The highest BCUT2D eigenvalue weighted by atomic mass is 16.5. The number of likely N-dealkylation sites (tertiary alicyclic amines) is 1. The fraction of sp³-hybridized carbons (Fsp3) is 0.867. The minimum Gasteiger partial charge on any atom is -0.481 e. The zero-order valence-electron chi connectivity index (χ0n) is 12.9. The number of carboxylic acid groups (broad SMARTS) is 1. The van der Waals surface area contributed by atoms with Crippen LogP contribution in [-0.4, -0.2) is 54.4 Å². The van der Waals surface area contributed by atoms with Gasteiger partial charge in [-0.15, -0.1) is 0 Å². The number of methoxy groups -OCH3 is 1. The summed E-state index contributed by atoms with van der Waals surface area (Å²) in [6.45, 7) is 2.81.